The lowest BCUT2D eigenvalue weighted by Gasteiger charge is -2.49. The largest absolute Gasteiger partial charge is 0.288 e. The van der Waals surface area contributed by atoms with Crippen molar-refractivity contribution in [1.29, 1.82) is 0 Å². The van der Waals surface area contributed by atoms with Gasteiger partial charge in [-0.3, -0.25) is 14.2 Å². The quantitative estimate of drug-likeness (QED) is 0.329. The van der Waals surface area contributed by atoms with Crippen LogP contribution >= 0.6 is 23.2 Å². The van der Waals surface area contributed by atoms with E-state index in [1.807, 2.05) is 78.9 Å². The lowest BCUT2D eigenvalue weighted by Crippen LogP contribution is -2.61. The van der Waals surface area contributed by atoms with Gasteiger partial charge in [-0.25, -0.2) is 8.42 Å². The van der Waals surface area contributed by atoms with E-state index in [4.69, 9.17) is 23.2 Å². The third-order valence-corrected chi connectivity index (χ3v) is 7.89. The van der Waals surface area contributed by atoms with Gasteiger partial charge >= 0.3 is 0 Å². The van der Waals surface area contributed by atoms with Gasteiger partial charge in [-0.05, 0) is 59.7 Å². The Labute approximate surface area is 209 Å². The van der Waals surface area contributed by atoms with Crippen molar-refractivity contribution in [2.75, 3.05) is 23.7 Å². The number of likely N-dealkylation sites (tertiary alicyclic amines) is 1. The average molecular weight is 512 g/mol. The van der Waals surface area contributed by atoms with Crippen LogP contribution in [-0.4, -0.2) is 43.7 Å². The number of sulfonamides is 1. The number of hydrogen-bond donors (Lipinski definition) is 0. The SMILES string of the molecule is CS(=O)(=O)N(c1cccc2ncccc12)C1CN(C(c2ccc(Cl)cc2)c2ccc(Cl)cc2)C1. The summed E-state index contributed by atoms with van der Waals surface area (Å²) in [6.07, 6.45) is 2.98. The predicted octanol–water partition coefficient (Wildman–Crippen LogP) is 5.78. The maximum Gasteiger partial charge on any atom is 0.232 e. The summed E-state index contributed by atoms with van der Waals surface area (Å²) in [5.41, 5.74) is 3.60. The zero-order chi connectivity index (χ0) is 23.9. The molecular weight excluding hydrogens is 489 g/mol. The van der Waals surface area contributed by atoms with Gasteiger partial charge in [0.1, 0.15) is 0 Å². The summed E-state index contributed by atoms with van der Waals surface area (Å²) in [6, 6.07) is 24.7. The first-order chi connectivity index (χ1) is 16.3. The van der Waals surface area contributed by atoms with Crippen LogP contribution in [0.15, 0.2) is 85.1 Å². The van der Waals surface area contributed by atoms with Crippen LogP contribution in [0.3, 0.4) is 0 Å². The fourth-order valence-corrected chi connectivity index (χ4v) is 6.12. The predicted molar refractivity (Wildman–Crippen MR) is 139 cm³/mol. The fraction of sp³-hybridized carbons (Fsp3) is 0.192. The standard InChI is InChI=1S/C26H23Cl2N3O2S/c1-34(32,33)31(25-6-2-5-24-23(25)4-3-15-29-24)22-16-30(17-22)26(18-7-11-20(27)12-8-18)19-9-13-21(28)14-10-19/h2-15,22,26H,16-17H2,1H3. The molecule has 5 rings (SSSR count). The summed E-state index contributed by atoms with van der Waals surface area (Å²) >= 11 is 12.3. The highest BCUT2D eigenvalue weighted by molar-refractivity contribution is 7.92. The maximum absolute atomic E-state index is 13.0. The van der Waals surface area contributed by atoms with Crippen LogP contribution in [0.5, 0.6) is 0 Å². The summed E-state index contributed by atoms with van der Waals surface area (Å²) in [5.74, 6) is 0. The lowest BCUT2D eigenvalue weighted by atomic mass is 9.93. The molecule has 0 aliphatic carbocycles. The molecule has 3 aromatic carbocycles. The minimum Gasteiger partial charge on any atom is -0.288 e. The maximum atomic E-state index is 13.0. The Hall–Kier alpha value is -2.64. The van der Waals surface area contributed by atoms with Gasteiger partial charge in [-0.2, -0.15) is 0 Å². The van der Waals surface area contributed by atoms with Crippen LogP contribution in [0.1, 0.15) is 17.2 Å². The second kappa shape index (κ2) is 9.19. The van der Waals surface area contributed by atoms with Gasteiger partial charge in [0.15, 0.2) is 0 Å². The van der Waals surface area contributed by atoms with E-state index in [2.05, 4.69) is 9.88 Å². The first kappa shape index (κ1) is 23.1. The van der Waals surface area contributed by atoms with E-state index in [9.17, 15) is 8.42 Å². The molecular formula is C26H23Cl2N3O2S. The molecule has 0 unspecified atom stereocenters. The number of benzene rings is 3. The van der Waals surface area contributed by atoms with Gasteiger partial charge in [0.2, 0.25) is 10.0 Å². The summed E-state index contributed by atoms with van der Waals surface area (Å²) < 4.78 is 27.5. The van der Waals surface area contributed by atoms with Crippen molar-refractivity contribution in [2.24, 2.45) is 0 Å². The van der Waals surface area contributed by atoms with E-state index >= 15 is 0 Å². The molecule has 8 heteroatoms. The van der Waals surface area contributed by atoms with Crippen LogP contribution in [0.2, 0.25) is 10.0 Å². The van der Waals surface area contributed by atoms with Gasteiger partial charge in [0.05, 0.1) is 29.5 Å². The van der Waals surface area contributed by atoms with Crippen LogP contribution < -0.4 is 4.31 Å². The molecule has 0 saturated carbocycles. The molecule has 1 aliphatic heterocycles. The van der Waals surface area contributed by atoms with Crippen molar-refractivity contribution in [3.05, 3.63) is 106 Å². The molecule has 1 fully saturated rings. The van der Waals surface area contributed by atoms with Crippen molar-refractivity contribution in [2.45, 2.75) is 12.1 Å². The van der Waals surface area contributed by atoms with Gasteiger partial charge in [0, 0.05) is 34.7 Å². The number of pyridine rings is 1. The molecule has 1 aliphatic rings. The van der Waals surface area contributed by atoms with E-state index in [-0.39, 0.29) is 12.1 Å². The van der Waals surface area contributed by atoms with Crippen LogP contribution in [0.4, 0.5) is 5.69 Å². The Kier molecular flexibility index (Phi) is 6.25. The summed E-state index contributed by atoms with van der Waals surface area (Å²) in [4.78, 5) is 6.67. The molecule has 1 aromatic heterocycles. The van der Waals surface area contributed by atoms with Crippen molar-refractivity contribution >= 4 is 49.8 Å². The van der Waals surface area contributed by atoms with Crippen LogP contribution in [-0.2, 0) is 10.0 Å². The fourth-order valence-electron chi connectivity index (χ4n) is 4.68. The minimum atomic E-state index is -3.52. The zero-order valence-electron chi connectivity index (χ0n) is 18.5. The second-order valence-electron chi connectivity index (χ2n) is 8.52. The molecule has 0 N–H and O–H groups in total. The molecule has 0 amide bonds. The van der Waals surface area contributed by atoms with Gasteiger partial charge in [-0.1, -0.05) is 53.5 Å². The summed E-state index contributed by atoms with van der Waals surface area (Å²) in [6.45, 7) is 1.17. The van der Waals surface area contributed by atoms with Crippen LogP contribution in [0, 0.1) is 0 Å². The molecule has 0 radical (unpaired) electrons. The molecule has 174 valence electrons. The first-order valence-electron chi connectivity index (χ1n) is 10.9. The molecule has 34 heavy (non-hydrogen) atoms. The number of rotatable bonds is 6. The average Bonchev–Trinajstić information content (AvgIpc) is 2.79. The van der Waals surface area contributed by atoms with E-state index in [1.54, 1.807) is 10.5 Å². The minimum absolute atomic E-state index is 0.0404. The second-order valence-corrected chi connectivity index (χ2v) is 11.3. The third kappa shape index (κ3) is 4.51. The number of halogens is 2. The van der Waals surface area contributed by atoms with Gasteiger partial charge in [0.25, 0.3) is 0 Å². The molecule has 2 heterocycles. The van der Waals surface area contributed by atoms with Gasteiger partial charge < -0.3 is 0 Å². The molecule has 0 bridgehead atoms. The van der Waals surface area contributed by atoms with Crippen molar-refractivity contribution in [3.63, 3.8) is 0 Å². The highest BCUT2D eigenvalue weighted by Crippen LogP contribution is 2.38. The van der Waals surface area contributed by atoms with E-state index in [1.165, 1.54) is 6.26 Å². The van der Waals surface area contributed by atoms with E-state index < -0.39 is 10.0 Å². The monoisotopic (exact) mass is 511 g/mol. The highest BCUT2D eigenvalue weighted by Gasteiger charge is 2.41. The molecule has 1 saturated heterocycles. The number of aromatic nitrogens is 1. The van der Waals surface area contributed by atoms with Crippen molar-refractivity contribution < 1.29 is 8.42 Å². The Balaban J connectivity index is 1.49. The smallest absolute Gasteiger partial charge is 0.232 e. The first-order valence-corrected chi connectivity index (χ1v) is 13.5. The highest BCUT2D eigenvalue weighted by atomic mass is 35.5. The Morgan fingerprint density at radius 2 is 1.47 bits per heavy atom. The van der Waals surface area contributed by atoms with E-state index in [0.29, 0.717) is 28.8 Å². The molecule has 4 aromatic rings. The Bertz CT molecular complexity index is 1370. The van der Waals surface area contributed by atoms with Gasteiger partial charge in [-0.15, -0.1) is 0 Å². The third-order valence-electron chi connectivity index (χ3n) is 6.18. The Morgan fingerprint density at radius 1 is 0.882 bits per heavy atom. The number of nitrogens with zero attached hydrogens (tertiary/aromatic N) is 3. The Morgan fingerprint density at radius 3 is 2.03 bits per heavy atom. The zero-order valence-corrected chi connectivity index (χ0v) is 20.8. The normalized spacial score (nSPS) is 14.9. The van der Waals surface area contributed by atoms with Crippen LogP contribution in [0.25, 0.3) is 10.9 Å². The lowest BCUT2D eigenvalue weighted by molar-refractivity contribution is 0.116. The number of hydrogen-bond acceptors (Lipinski definition) is 4. The summed E-state index contributed by atoms with van der Waals surface area (Å²) in [5, 5.41) is 2.17. The van der Waals surface area contributed by atoms with E-state index in [0.717, 1.165) is 22.0 Å². The topological polar surface area (TPSA) is 53.5 Å². The molecule has 5 nitrogen and oxygen atoms in total. The molecule has 0 atom stereocenters. The summed E-state index contributed by atoms with van der Waals surface area (Å²) in [7, 11) is -3.52. The van der Waals surface area contributed by atoms with Crippen molar-refractivity contribution in [3.8, 4) is 0 Å². The van der Waals surface area contributed by atoms with Crippen molar-refractivity contribution in [1.82, 2.24) is 9.88 Å². The number of fused-ring (bicyclic) bond motifs is 1. The molecule has 0 spiro atoms. The number of anilines is 1.